The van der Waals surface area contributed by atoms with Gasteiger partial charge in [-0.2, -0.15) is 0 Å². The summed E-state index contributed by atoms with van der Waals surface area (Å²) in [5, 5.41) is 13.1. The van der Waals surface area contributed by atoms with Crippen LogP contribution in [0.2, 0.25) is 0 Å². The molecule has 4 rings (SSSR count). The monoisotopic (exact) mass is 325 g/mol. The zero-order chi connectivity index (χ0) is 16.0. The molecule has 5 heteroatoms. The highest BCUT2D eigenvalue weighted by molar-refractivity contribution is 7.17. The van der Waals surface area contributed by atoms with E-state index in [0.29, 0.717) is 6.54 Å². The van der Waals surface area contributed by atoms with Crippen LogP contribution in [0.3, 0.4) is 0 Å². The second kappa shape index (κ2) is 5.21. The van der Waals surface area contributed by atoms with E-state index in [4.69, 9.17) is 0 Å². The number of aromatic nitrogens is 1. The van der Waals surface area contributed by atoms with Gasteiger partial charge in [0.15, 0.2) is 0 Å². The molecule has 0 spiro atoms. The zero-order valence-corrected chi connectivity index (χ0v) is 12.8. The molecule has 0 unspecified atom stereocenters. The van der Waals surface area contributed by atoms with Crippen molar-refractivity contribution in [1.29, 1.82) is 0 Å². The minimum Gasteiger partial charge on any atom is -0.477 e. The highest BCUT2D eigenvalue weighted by atomic mass is 32.1. The van der Waals surface area contributed by atoms with E-state index in [0.717, 1.165) is 26.6 Å². The predicted octanol–water partition coefficient (Wildman–Crippen LogP) is 4.74. The van der Waals surface area contributed by atoms with Crippen LogP contribution in [0.25, 0.3) is 21.0 Å². The number of thiophene rings is 1. The molecule has 2 aromatic heterocycles. The molecule has 3 nitrogen and oxygen atoms in total. The Hall–Kier alpha value is -2.66. The standard InChI is InChI=1S/C18H12FNO2S/c19-13-5-4-11-2-1-3-12(14(11)8-13)10-20-15-6-7-23-17(15)9-16(20)18(21)22/h1-9H,10H2,(H,21,22). The number of halogens is 1. The quantitative estimate of drug-likeness (QED) is 0.591. The van der Waals surface area contributed by atoms with E-state index >= 15 is 0 Å². The molecular weight excluding hydrogens is 313 g/mol. The summed E-state index contributed by atoms with van der Waals surface area (Å²) < 4.78 is 16.3. The summed E-state index contributed by atoms with van der Waals surface area (Å²) in [7, 11) is 0. The number of hydrogen-bond acceptors (Lipinski definition) is 2. The normalized spacial score (nSPS) is 11.3. The lowest BCUT2D eigenvalue weighted by Crippen LogP contribution is -2.09. The van der Waals surface area contributed by atoms with E-state index in [1.54, 1.807) is 16.7 Å². The van der Waals surface area contributed by atoms with Crippen molar-refractivity contribution in [1.82, 2.24) is 4.57 Å². The number of rotatable bonds is 3. The van der Waals surface area contributed by atoms with E-state index in [2.05, 4.69) is 0 Å². The van der Waals surface area contributed by atoms with E-state index in [-0.39, 0.29) is 11.5 Å². The summed E-state index contributed by atoms with van der Waals surface area (Å²) in [5.74, 6) is -1.25. The predicted molar refractivity (Wildman–Crippen MR) is 89.8 cm³/mol. The number of aromatic carboxylic acids is 1. The lowest BCUT2D eigenvalue weighted by molar-refractivity contribution is 0.0686. The molecule has 0 bridgehead atoms. The highest BCUT2D eigenvalue weighted by Crippen LogP contribution is 2.28. The van der Waals surface area contributed by atoms with Gasteiger partial charge >= 0.3 is 5.97 Å². The van der Waals surface area contributed by atoms with Crippen LogP contribution in [0.4, 0.5) is 4.39 Å². The van der Waals surface area contributed by atoms with Crippen LogP contribution < -0.4 is 0 Å². The lowest BCUT2D eigenvalue weighted by atomic mass is 10.0. The largest absolute Gasteiger partial charge is 0.477 e. The Morgan fingerprint density at radius 2 is 2.04 bits per heavy atom. The van der Waals surface area contributed by atoms with Crippen LogP contribution in [0.5, 0.6) is 0 Å². The zero-order valence-electron chi connectivity index (χ0n) is 12.0. The fourth-order valence-corrected chi connectivity index (χ4v) is 3.76. The van der Waals surface area contributed by atoms with E-state index in [1.807, 2.05) is 29.6 Å². The van der Waals surface area contributed by atoms with E-state index < -0.39 is 5.97 Å². The molecule has 0 radical (unpaired) electrons. The van der Waals surface area contributed by atoms with Crippen molar-refractivity contribution in [2.75, 3.05) is 0 Å². The fourth-order valence-electron chi connectivity index (χ4n) is 2.94. The van der Waals surface area contributed by atoms with Crippen LogP contribution in [0, 0.1) is 5.82 Å². The number of nitrogens with zero attached hydrogens (tertiary/aromatic N) is 1. The summed E-state index contributed by atoms with van der Waals surface area (Å²) in [6.07, 6.45) is 0. The first-order chi connectivity index (χ1) is 11.1. The van der Waals surface area contributed by atoms with Crippen molar-refractivity contribution >= 4 is 38.3 Å². The molecule has 23 heavy (non-hydrogen) atoms. The van der Waals surface area contributed by atoms with Gasteiger partial charge in [0.2, 0.25) is 0 Å². The Morgan fingerprint density at radius 3 is 2.87 bits per heavy atom. The fraction of sp³-hybridized carbons (Fsp3) is 0.0556. The maximum Gasteiger partial charge on any atom is 0.352 e. The topological polar surface area (TPSA) is 42.2 Å². The average molecular weight is 325 g/mol. The molecule has 0 amide bonds. The van der Waals surface area contributed by atoms with Gasteiger partial charge in [-0.05, 0) is 46.0 Å². The summed E-state index contributed by atoms with van der Waals surface area (Å²) >= 11 is 1.51. The minimum atomic E-state index is -0.959. The number of carbonyl (C=O) groups is 1. The smallest absolute Gasteiger partial charge is 0.352 e. The molecule has 2 aromatic carbocycles. The minimum absolute atomic E-state index is 0.250. The Morgan fingerprint density at radius 1 is 1.17 bits per heavy atom. The Kier molecular flexibility index (Phi) is 3.16. The van der Waals surface area contributed by atoms with E-state index in [1.165, 1.54) is 23.5 Å². The van der Waals surface area contributed by atoms with Gasteiger partial charge in [0.25, 0.3) is 0 Å². The van der Waals surface area contributed by atoms with Crippen molar-refractivity contribution in [2.24, 2.45) is 0 Å². The SMILES string of the molecule is O=C(O)c1cc2sccc2n1Cc1cccc2ccc(F)cc12. The van der Waals surface area contributed by atoms with Gasteiger partial charge in [-0.15, -0.1) is 11.3 Å². The average Bonchev–Trinajstić information content (AvgIpc) is 3.10. The van der Waals surface area contributed by atoms with Crippen molar-refractivity contribution in [3.63, 3.8) is 0 Å². The van der Waals surface area contributed by atoms with Gasteiger partial charge in [0.05, 0.1) is 10.2 Å². The maximum atomic E-state index is 13.6. The molecule has 0 saturated carbocycles. The second-order valence-electron chi connectivity index (χ2n) is 5.37. The number of hydrogen-bond donors (Lipinski definition) is 1. The Bertz CT molecular complexity index is 1050. The first-order valence-electron chi connectivity index (χ1n) is 7.10. The lowest BCUT2D eigenvalue weighted by Gasteiger charge is -2.11. The van der Waals surface area contributed by atoms with Crippen molar-refractivity contribution in [3.8, 4) is 0 Å². The number of benzene rings is 2. The maximum absolute atomic E-state index is 13.6. The Labute approximate surface area is 135 Å². The van der Waals surface area contributed by atoms with Crippen molar-refractivity contribution in [2.45, 2.75) is 6.54 Å². The number of fused-ring (bicyclic) bond motifs is 2. The van der Waals surface area contributed by atoms with Crippen LogP contribution >= 0.6 is 11.3 Å². The molecule has 2 heterocycles. The first kappa shape index (κ1) is 14.0. The molecule has 0 aliphatic rings. The molecule has 0 aliphatic heterocycles. The third-order valence-electron chi connectivity index (χ3n) is 4.00. The van der Waals surface area contributed by atoms with Gasteiger partial charge in [-0.25, -0.2) is 9.18 Å². The van der Waals surface area contributed by atoms with E-state index in [9.17, 15) is 14.3 Å². The van der Waals surface area contributed by atoms with Crippen molar-refractivity contribution in [3.05, 3.63) is 71.0 Å². The van der Waals surface area contributed by atoms with Crippen LogP contribution in [0.1, 0.15) is 16.1 Å². The van der Waals surface area contributed by atoms with Gasteiger partial charge < -0.3 is 9.67 Å². The molecule has 0 atom stereocenters. The molecule has 0 fully saturated rings. The molecule has 1 N–H and O–H groups in total. The van der Waals surface area contributed by atoms with Gasteiger partial charge in [-0.3, -0.25) is 0 Å². The third kappa shape index (κ3) is 2.29. The highest BCUT2D eigenvalue weighted by Gasteiger charge is 2.16. The summed E-state index contributed by atoms with van der Waals surface area (Å²) in [6.45, 7) is 0.392. The summed E-state index contributed by atoms with van der Waals surface area (Å²) in [4.78, 5) is 11.5. The van der Waals surface area contributed by atoms with Crippen LogP contribution in [0.15, 0.2) is 53.9 Å². The molecule has 4 aromatic rings. The second-order valence-corrected chi connectivity index (χ2v) is 6.32. The van der Waals surface area contributed by atoms with Crippen LogP contribution in [-0.2, 0) is 6.54 Å². The van der Waals surface area contributed by atoms with Gasteiger partial charge in [0, 0.05) is 6.54 Å². The molecule has 0 saturated heterocycles. The van der Waals surface area contributed by atoms with Crippen LogP contribution in [-0.4, -0.2) is 15.6 Å². The molecular formula is C18H12FNO2S. The third-order valence-corrected chi connectivity index (χ3v) is 4.86. The van der Waals surface area contributed by atoms with Crippen molar-refractivity contribution < 1.29 is 14.3 Å². The summed E-state index contributed by atoms with van der Waals surface area (Å²) in [6, 6.07) is 14.0. The molecule has 0 aliphatic carbocycles. The number of carboxylic acid groups (broad SMARTS) is 1. The number of carboxylic acids is 1. The Balaban J connectivity index is 1.91. The summed E-state index contributed by atoms with van der Waals surface area (Å²) in [5.41, 5.74) is 2.04. The first-order valence-corrected chi connectivity index (χ1v) is 7.98. The molecule has 114 valence electrons. The van der Waals surface area contributed by atoms with Gasteiger partial charge in [0.1, 0.15) is 11.5 Å². The van der Waals surface area contributed by atoms with Gasteiger partial charge in [-0.1, -0.05) is 24.3 Å².